The van der Waals surface area contributed by atoms with Gasteiger partial charge in [-0.2, -0.15) is 0 Å². The van der Waals surface area contributed by atoms with Crippen molar-refractivity contribution in [2.45, 2.75) is 46.6 Å². The molecule has 0 unspecified atom stereocenters. The third kappa shape index (κ3) is 4.07. The van der Waals surface area contributed by atoms with Gasteiger partial charge in [-0.05, 0) is 44.9 Å². The summed E-state index contributed by atoms with van der Waals surface area (Å²) in [7, 11) is 1.75. The number of amides is 1. The van der Waals surface area contributed by atoms with E-state index in [1.807, 2.05) is 31.7 Å². The zero-order valence-electron chi connectivity index (χ0n) is 16.8. The zero-order chi connectivity index (χ0) is 19.7. The number of carbonyl (C=O) groups is 1. The molecule has 1 amide bonds. The monoisotopic (exact) mass is 368 g/mol. The number of nitrogens with zero attached hydrogens (tertiary/aromatic N) is 2. The van der Waals surface area contributed by atoms with Gasteiger partial charge < -0.3 is 14.2 Å². The molecule has 0 radical (unpaired) electrons. The Hall–Kier alpha value is -2.56. The summed E-state index contributed by atoms with van der Waals surface area (Å²) in [5, 5.41) is 0. The second-order valence-corrected chi connectivity index (χ2v) is 7.61. The molecule has 3 rings (SSSR count). The normalized spacial score (nSPS) is 15.1. The van der Waals surface area contributed by atoms with Crippen LogP contribution in [0.15, 0.2) is 29.1 Å². The number of carbonyl (C=O) groups excluding carboxylic acids is 1. The van der Waals surface area contributed by atoms with Gasteiger partial charge in [-0.3, -0.25) is 9.59 Å². The van der Waals surface area contributed by atoms with E-state index in [0.29, 0.717) is 18.8 Å². The molecule has 2 heterocycles. The van der Waals surface area contributed by atoms with Crippen LogP contribution >= 0.6 is 0 Å². The Bertz CT molecular complexity index is 899. The molecular weight excluding hydrogens is 340 g/mol. The molecule has 0 atom stereocenters. The lowest BCUT2D eigenvalue weighted by Gasteiger charge is -2.33. The first-order valence-corrected chi connectivity index (χ1v) is 9.47. The SMILES string of the molecule is Cc1cc(C)c(C(=O)N2CCC(Oc3cc(C)n(C)c(=O)c3)CC2)c(C)c1. The van der Waals surface area contributed by atoms with Crippen LogP contribution in [0.3, 0.4) is 0 Å². The summed E-state index contributed by atoms with van der Waals surface area (Å²) in [5.74, 6) is 0.721. The molecule has 1 aliphatic heterocycles. The fraction of sp³-hybridized carbons (Fsp3) is 0.455. The minimum absolute atomic E-state index is 0.0285. The van der Waals surface area contributed by atoms with Crippen LogP contribution < -0.4 is 10.3 Å². The molecule has 1 saturated heterocycles. The van der Waals surface area contributed by atoms with Crippen molar-refractivity contribution < 1.29 is 9.53 Å². The smallest absolute Gasteiger partial charge is 0.254 e. The summed E-state index contributed by atoms with van der Waals surface area (Å²) in [6, 6.07) is 7.55. The molecule has 1 fully saturated rings. The Morgan fingerprint density at radius 2 is 1.59 bits per heavy atom. The van der Waals surface area contributed by atoms with E-state index in [1.54, 1.807) is 11.6 Å². The molecule has 0 bridgehead atoms. The van der Waals surface area contributed by atoms with Crippen LogP contribution in [0.25, 0.3) is 0 Å². The molecule has 1 aliphatic rings. The maximum Gasteiger partial charge on any atom is 0.254 e. The van der Waals surface area contributed by atoms with Crippen molar-refractivity contribution >= 4 is 5.91 Å². The number of hydrogen-bond donors (Lipinski definition) is 0. The summed E-state index contributed by atoms with van der Waals surface area (Å²) >= 11 is 0. The average molecular weight is 368 g/mol. The molecule has 27 heavy (non-hydrogen) atoms. The highest BCUT2D eigenvalue weighted by Gasteiger charge is 2.26. The summed E-state index contributed by atoms with van der Waals surface area (Å²) < 4.78 is 7.62. The van der Waals surface area contributed by atoms with Gasteiger partial charge in [0.2, 0.25) is 0 Å². The third-order valence-corrected chi connectivity index (χ3v) is 5.40. The second kappa shape index (κ2) is 7.59. The Kier molecular flexibility index (Phi) is 5.40. The van der Waals surface area contributed by atoms with Crippen LogP contribution in [0.2, 0.25) is 0 Å². The van der Waals surface area contributed by atoms with Gasteiger partial charge in [-0.25, -0.2) is 0 Å². The van der Waals surface area contributed by atoms with Gasteiger partial charge in [-0.1, -0.05) is 17.7 Å². The Morgan fingerprint density at radius 1 is 1.00 bits per heavy atom. The number of benzene rings is 1. The molecule has 2 aromatic rings. The topological polar surface area (TPSA) is 51.5 Å². The van der Waals surface area contributed by atoms with Crippen molar-refractivity contribution in [1.29, 1.82) is 0 Å². The van der Waals surface area contributed by atoms with Crippen molar-refractivity contribution in [2.24, 2.45) is 7.05 Å². The van der Waals surface area contributed by atoms with E-state index in [4.69, 9.17) is 4.74 Å². The van der Waals surface area contributed by atoms with Crippen molar-refractivity contribution in [3.63, 3.8) is 0 Å². The maximum atomic E-state index is 13.0. The Balaban J connectivity index is 1.65. The lowest BCUT2D eigenvalue weighted by molar-refractivity contribution is 0.0594. The number of hydrogen-bond acceptors (Lipinski definition) is 3. The van der Waals surface area contributed by atoms with Crippen molar-refractivity contribution in [2.75, 3.05) is 13.1 Å². The molecule has 5 heteroatoms. The van der Waals surface area contributed by atoms with Crippen molar-refractivity contribution in [1.82, 2.24) is 9.47 Å². The molecule has 0 N–H and O–H groups in total. The highest BCUT2D eigenvalue weighted by atomic mass is 16.5. The molecule has 0 spiro atoms. The fourth-order valence-corrected chi connectivity index (χ4v) is 3.85. The van der Waals surface area contributed by atoms with Gasteiger partial charge >= 0.3 is 0 Å². The lowest BCUT2D eigenvalue weighted by atomic mass is 9.97. The molecule has 0 aliphatic carbocycles. The third-order valence-electron chi connectivity index (χ3n) is 5.40. The summed E-state index contributed by atoms with van der Waals surface area (Å²) in [5.41, 5.74) is 4.87. The maximum absolute atomic E-state index is 13.0. The van der Waals surface area contributed by atoms with Gasteiger partial charge in [-0.15, -0.1) is 0 Å². The van der Waals surface area contributed by atoms with Gasteiger partial charge in [0.05, 0.1) is 0 Å². The van der Waals surface area contributed by atoms with E-state index < -0.39 is 0 Å². The van der Waals surface area contributed by atoms with Crippen LogP contribution in [0.1, 0.15) is 45.6 Å². The zero-order valence-corrected chi connectivity index (χ0v) is 16.8. The molecule has 5 nitrogen and oxygen atoms in total. The van der Waals surface area contributed by atoms with E-state index in [9.17, 15) is 9.59 Å². The van der Waals surface area contributed by atoms with Gasteiger partial charge in [0.15, 0.2) is 0 Å². The van der Waals surface area contributed by atoms with Crippen LogP contribution in [-0.2, 0) is 7.05 Å². The van der Waals surface area contributed by atoms with Crippen LogP contribution in [-0.4, -0.2) is 34.6 Å². The molecule has 1 aromatic carbocycles. The van der Waals surface area contributed by atoms with E-state index >= 15 is 0 Å². The standard InChI is InChI=1S/C22H28N2O3/c1-14-10-15(2)21(16(3)11-14)22(26)24-8-6-18(7-9-24)27-19-12-17(4)23(5)20(25)13-19/h10-13,18H,6-9H2,1-5H3. The number of likely N-dealkylation sites (tertiary alicyclic amines) is 1. The van der Waals surface area contributed by atoms with Crippen molar-refractivity contribution in [3.8, 4) is 5.75 Å². The fourth-order valence-electron chi connectivity index (χ4n) is 3.85. The van der Waals surface area contributed by atoms with Crippen LogP contribution in [0.5, 0.6) is 5.75 Å². The number of ether oxygens (including phenoxy) is 1. The minimum atomic E-state index is -0.0667. The van der Waals surface area contributed by atoms with Crippen LogP contribution in [0.4, 0.5) is 0 Å². The number of aryl methyl sites for hydroxylation is 4. The first-order valence-electron chi connectivity index (χ1n) is 9.47. The first-order chi connectivity index (χ1) is 12.8. The molecule has 1 aromatic heterocycles. The van der Waals surface area contributed by atoms with E-state index in [0.717, 1.165) is 35.2 Å². The molecular formula is C22H28N2O3. The summed E-state index contributed by atoms with van der Waals surface area (Å²) in [6.45, 7) is 9.28. The molecule has 0 saturated carbocycles. The highest BCUT2D eigenvalue weighted by Crippen LogP contribution is 2.23. The van der Waals surface area contributed by atoms with Gasteiger partial charge in [0, 0.05) is 50.3 Å². The largest absolute Gasteiger partial charge is 0.490 e. The number of piperidine rings is 1. The second-order valence-electron chi connectivity index (χ2n) is 7.61. The lowest BCUT2D eigenvalue weighted by Crippen LogP contribution is -2.42. The number of aromatic nitrogens is 1. The average Bonchev–Trinajstić information content (AvgIpc) is 2.59. The first kappa shape index (κ1) is 19.2. The Labute approximate surface area is 160 Å². The van der Waals surface area contributed by atoms with Gasteiger partial charge in [0.25, 0.3) is 11.5 Å². The number of rotatable bonds is 3. The van der Waals surface area contributed by atoms with E-state index in [-0.39, 0.29) is 17.6 Å². The Morgan fingerprint density at radius 3 is 2.15 bits per heavy atom. The van der Waals surface area contributed by atoms with Crippen molar-refractivity contribution in [3.05, 3.63) is 62.6 Å². The minimum Gasteiger partial charge on any atom is -0.490 e. The molecule has 144 valence electrons. The summed E-state index contributed by atoms with van der Waals surface area (Å²) in [4.78, 5) is 26.8. The van der Waals surface area contributed by atoms with Gasteiger partial charge in [0.1, 0.15) is 11.9 Å². The van der Waals surface area contributed by atoms with E-state index in [2.05, 4.69) is 19.1 Å². The highest BCUT2D eigenvalue weighted by molar-refractivity contribution is 5.97. The summed E-state index contributed by atoms with van der Waals surface area (Å²) in [6.07, 6.45) is 1.56. The van der Waals surface area contributed by atoms with Crippen LogP contribution in [0, 0.1) is 27.7 Å². The van der Waals surface area contributed by atoms with E-state index in [1.165, 1.54) is 11.6 Å². The predicted molar refractivity (Wildman–Crippen MR) is 107 cm³/mol. The number of pyridine rings is 1. The predicted octanol–water partition coefficient (Wildman–Crippen LogP) is 3.30. The quantitative estimate of drug-likeness (QED) is 0.835.